The molecule has 2 aliphatic rings. The fourth-order valence-electron chi connectivity index (χ4n) is 4.57. The van der Waals surface area contributed by atoms with E-state index in [2.05, 4.69) is 5.32 Å². The van der Waals surface area contributed by atoms with Crippen LogP contribution in [-0.4, -0.2) is 59.0 Å². The van der Waals surface area contributed by atoms with Gasteiger partial charge in [-0.1, -0.05) is 48.5 Å². The summed E-state index contributed by atoms with van der Waals surface area (Å²) < 4.78 is 5.45. The van der Waals surface area contributed by atoms with Crippen LogP contribution in [0.4, 0.5) is 4.79 Å². The molecule has 2 amide bonds. The van der Waals surface area contributed by atoms with E-state index in [9.17, 15) is 19.2 Å². The Morgan fingerprint density at radius 1 is 1.06 bits per heavy atom. The van der Waals surface area contributed by atoms with Gasteiger partial charge < -0.3 is 20.1 Å². The van der Waals surface area contributed by atoms with Crippen molar-refractivity contribution in [2.45, 2.75) is 37.8 Å². The fourth-order valence-corrected chi connectivity index (χ4v) is 4.57. The summed E-state index contributed by atoms with van der Waals surface area (Å²) in [5.74, 6) is -3.18. The number of alkyl carbamates (subject to hydrolysis) is 1. The Morgan fingerprint density at radius 3 is 2.25 bits per heavy atom. The molecule has 1 aliphatic carbocycles. The lowest BCUT2D eigenvalue weighted by atomic mass is 9.98. The average Bonchev–Trinajstić information content (AvgIpc) is 3.40. The number of benzene rings is 2. The van der Waals surface area contributed by atoms with Crippen LogP contribution in [0.3, 0.4) is 0 Å². The lowest BCUT2D eigenvalue weighted by Gasteiger charge is -2.26. The number of nitrogens with zero attached hydrogens (tertiary/aromatic N) is 1. The first kappa shape index (κ1) is 21.5. The molecule has 166 valence electrons. The highest BCUT2D eigenvalue weighted by Crippen LogP contribution is 2.44. The summed E-state index contributed by atoms with van der Waals surface area (Å²) in [6.45, 7) is 1.88. The second-order valence-corrected chi connectivity index (χ2v) is 8.05. The highest BCUT2D eigenvalue weighted by molar-refractivity contribution is 6.35. The zero-order valence-electron chi connectivity index (χ0n) is 17.6. The van der Waals surface area contributed by atoms with E-state index in [1.54, 1.807) is 0 Å². The van der Waals surface area contributed by atoms with Gasteiger partial charge >= 0.3 is 12.1 Å². The van der Waals surface area contributed by atoms with Crippen LogP contribution >= 0.6 is 0 Å². The predicted octanol–water partition coefficient (Wildman–Crippen LogP) is 2.56. The average molecular weight is 436 g/mol. The normalized spacial score (nSPS) is 17.9. The van der Waals surface area contributed by atoms with E-state index in [1.165, 1.54) is 11.8 Å². The summed E-state index contributed by atoms with van der Waals surface area (Å²) in [4.78, 5) is 49.2. The van der Waals surface area contributed by atoms with Gasteiger partial charge in [-0.2, -0.15) is 0 Å². The van der Waals surface area contributed by atoms with Crippen molar-refractivity contribution in [3.63, 3.8) is 0 Å². The highest BCUT2D eigenvalue weighted by Gasteiger charge is 2.39. The number of nitrogens with one attached hydrogen (secondary N) is 1. The Bertz CT molecular complexity index is 1040. The van der Waals surface area contributed by atoms with Crippen molar-refractivity contribution in [1.29, 1.82) is 0 Å². The predicted molar refractivity (Wildman–Crippen MR) is 115 cm³/mol. The van der Waals surface area contributed by atoms with Gasteiger partial charge in [0.25, 0.3) is 5.78 Å². The molecule has 1 fully saturated rings. The third-order valence-corrected chi connectivity index (χ3v) is 6.10. The van der Waals surface area contributed by atoms with Gasteiger partial charge in [0.15, 0.2) is 0 Å². The number of likely N-dealkylation sites (tertiary alicyclic amines) is 1. The van der Waals surface area contributed by atoms with Gasteiger partial charge in [-0.15, -0.1) is 0 Å². The molecule has 4 rings (SSSR count). The van der Waals surface area contributed by atoms with Gasteiger partial charge in [0.1, 0.15) is 18.7 Å². The zero-order chi connectivity index (χ0) is 22.8. The number of hydrogen-bond acceptors (Lipinski definition) is 5. The first-order valence-electron chi connectivity index (χ1n) is 10.6. The van der Waals surface area contributed by atoms with E-state index in [0.29, 0.717) is 12.8 Å². The topological polar surface area (TPSA) is 113 Å². The molecule has 1 heterocycles. The molecule has 2 aromatic rings. The van der Waals surface area contributed by atoms with Crippen LogP contribution in [0.15, 0.2) is 48.5 Å². The SMILES string of the molecule is C[C@@H](NC(=O)OCC1c2ccccc2-c2ccccc21)C(=O)N1CCCC1C(=O)C(=O)O. The largest absolute Gasteiger partial charge is 0.475 e. The highest BCUT2D eigenvalue weighted by atomic mass is 16.5. The van der Waals surface area contributed by atoms with Crippen molar-refractivity contribution in [2.24, 2.45) is 0 Å². The van der Waals surface area contributed by atoms with E-state index in [4.69, 9.17) is 9.84 Å². The van der Waals surface area contributed by atoms with Crippen molar-refractivity contribution >= 4 is 23.8 Å². The molecule has 8 nitrogen and oxygen atoms in total. The maximum Gasteiger partial charge on any atom is 0.407 e. The van der Waals surface area contributed by atoms with Crippen molar-refractivity contribution in [3.8, 4) is 11.1 Å². The first-order valence-corrected chi connectivity index (χ1v) is 10.6. The molecular weight excluding hydrogens is 412 g/mol. The van der Waals surface area contributed by atoms with E-state index in [1.807, 2.05) is 48.5 Å². The minimum absolute atomic E-state index is 0.102. The van der Waals surface area contributed by atoms with Crippen molar-refractivity contribution in [2.75, 3.05) is 13.2 Å². The van der Waals surface area contributed by atoms with E-state index >= 15 is 0 Å². The quantitative estimate of drug-likeness (QED) is 0.673. The van der Waals surface area contributed by atoms with Crippen LogP contribution in [0, 0.1) is 0 Å². The van der Waals surface area contributed by atoms with Gasteiger partial charge in [-0.25, -0.2) is 9.59 Å². The number of hydrogen-bond donors (Lipinski definition) is 2. The fraction of sp³-hybridized carbons (Fsp3) is 0.333. The van der Waals surface area contributed by atoms with Crippen LogP contribution in [0.5, 0.6) is 0 Å². The molecule has 1 saturated heterocycles. The number of ether oxygens (including phenoxy) is 1. The summed E-state index contributed by atoms with van der Waals surface area (Å²) in [5.41, 5.74) is 4.39. The minimum Gasteiger partial charge on any atom is -0.475 e. The Morgan fingerprint density at radius 2 is 1.66 bits per heavy atom. The summed E-state index contributed by atoms with van der Waals surface area (Å²) in [7, 11) is 0. The van der Waals surface area contributed by atoms with E-state index in [0.717, 1.165) is 22.3 Å². The number of ketones is 1. The Balaban J connectivity index is 1.38. The maximum absolute atomic E-state index is 12.7. The van der Waals surface area contributed by atoms with Gasteiger partial charge in [-0.3, -0.25) is 9.59 Å². The van der Waals surface area contributed by atoms with Gasteiger partial charge in [0.2, 0.25) is 5.91 Å². The molecule has 1 unspecified atom stereocenters. The Labute approximate surface area is 185 Å². The van der Waals surface area contributed by atoms with Crippen LogP contribution in [-0.2, 0) is 19.1 Å². The minimum atomic E-state index is -1.56. The second-order valence-electron chi connectivity index (χ2n) is 8.05. The molecule has 0 radical (unpaired) electrons. The van der Waals surface area contributed by atoms with Gasteiger partial charge in [0, 0.05) is 12.5 Å². The number of Topliss-reactive ketones (excluding diaryl/α,β-unsaturated/α-hetero) is 1. The molecule has 0 saturated carbocycles. The summed E-state index contributed by atoms with van der Waals surface area (Å²) in [6.07, 6.45) is 0.0924. The van der Waals surface area contributed by atoms with Crippen LogP contribution in [0.2, 0.25) is 0 Å². The van der Waals surface area contributed by atoms with Crippen LogP contribution < -0.4 is 5.32 Å². The van der Waals surface area contributed by atoms with Gasteiger partial charge in [-0.05, 0) is 42.0 Å². The molecular formula is C24H24N2O6. The zero-order valence-corrected chi connectivity index (χ0v) is 17.6. The first-order chi connectivity index (χ1) is 15.4. The molecule has 0 aromatic heterocycles. The molecule has 8 heteroatoms. The number of fused-ring (bicyclic) bond motifs is 3. The van der Waals surface area contributed by atoms with E-state index in [-0.39, 0.29) is 19.1 Å². The Kier molecular flexibility index (Phi) is 5.94. The summed E-state index contributed by atoms with van der Waals surface area (Å²) in [5, 5.41) is 11.5. The lowest BCUT2D eigenvalue weighted by molar-refractivity contribution is -0.153. The number of carboxylic acid groups (broad SMARTS) is 1. The number of aliphatic carboxylic acids is 1. The molecule has 1 aliphatic heterocycles. The molecule has 2 atom stereocenters. The van der Waals surface area contributed by atoms with Crippen molar-refractivity contribution in [3.05, 3.63) is 59.7 Å². The van der Waals surface area contributed by atoms with Crippen LogP contribution in [0.1, 0.15) is 36.8 Å². The number of amides is 2. The smallest absolute Gasteiger partial charge is 0.407 e. The second kappa shape index (κ2) is 8.82. The number of rotatable bonds is 6. The van der Waals surface area contributed by atoms with Crippen molar-refractivity contribution < 1.29 is 29.0 Å². The molecule has 0 spiro atoms. The van der Waals surface area contributed by atoms with Crippen LogP contribution in [0.25, 0.3) is 11.1 Å². The molecule has 32 heavy (non-hydrogen) atoms. The lowest BCUT2D eigenvalue weighted by Crippen LogP contribution is -2.51. The summed E-state index contributed by atoms with van der Waals surface area (Å²) in [6, 6.07) is 14.0. The standard InChI is InChI=1S/C24H24N2O6/c1-14(22(28)26-12-6-11-20(26)21(27)23(29)30)25-24(31)32-13-19-17-9-4-2-7-15(17)16-8-3-5-10-18(16)19/h2-5,7-10,14,19-20H,6,11-13H2,1H3,(H,25,31)(H,29,30)/t14-,20?/m1/s1. The molecule has 0 bridgehead atoms. The maximum atomic E-state index is 12.7. The number of carbonyl (C=O) groups is 4. The monoisotopic (exact) mass is 436 g/mol. The third-order valence-electron chi connectivity index (χ3n) is 6.10. The van der Waals surface area contributed by atoms with Gasteiger partial charge in [0.05, 0.1) is 0 Å². The molecule has 2 aromatic carbocycles. The van der Waals surface area contributed by atoms with Crippen molar-refractivity contribution in [1.82, 2.24) is 10.2 Å². The third kappa shape index (κ3) is 3.95. The Hall–Kier alpha value is -3.68. The summed E-state index contributed by atoms with van der Waals surface area (Å²) >= 11 is 0. The molecule has 2 N–H and O–H groups in total. The number of carboxylic acids is 1. The van der Waals surface area contributed by atoms with E-state index < -0.39 is 35.8 Å². The number of carbonyl (C=O) groups excluding carboxylic acids is 3.